The Morgan fingerprint density at radius 3 is 1.65 bits per heavy atom. The first-order valence-corrected chi connectivity index (χ1v) is 5.11. The second kappa shape index (κ2) is 7.87. The molecule has 17 heavy (non-hydrogen) atoms. The van der Waals surface area contributed by atoms with Gasteiger partial charge < -0.3 is 31.3 Å². The van der Waals surface area contributed by atoms with Crippen LogP contribution in [-0.4, -0.2) is 62.1 Å². The van der Waals surface area contributed by atoms with Crippen LogP contribution in [0.25, 0.3) is 0 Å². The fourth-order valence-corrected chi connectivity index (χ4v) is 0.553. The molecule has 0 saturated heterocycles. The lowest BCUT2D eigenvalue weighted by atomic mass is 10.3. The van der Waals surface area contributed by atoms with Crippen molar-refractivity contribution >= 4 is 19.6 Å². The van der Waals surface area contributed by atoms with Crippen LogP contribution in [0.15, 0.2) is 0 Å². The van der Waals surface area contributed by atoms with Crippen LogP contribution in [0.5, 0.6) is 0 Å². The van der Waals surface area contributed by atoms with E-state index in [1.807, 2.05) is 0 Å². The molecule has 7 N–H and O–H groups in total. The summed E-state index contributed by atoms with van der Waals surface area (Å²) in [4.78, 5) is 19.5. The number of aliphatic hydroxyl groups is 3. The number of hydrogen-bond donors (Lipinski definition) is 6. The normalized spacial score (nSPS) is 14.8. The van der Waals surface area contributed by atoms with E-state index >= 15 is 0 Å². The quantitative estimate of drug-likeness (QED) is 0.287. The van der Waals surface area contributed by atoms with Crippen molar-refractivity contribution in [3.05, 3.63) is 0 Å². The number of carboxylic acids is 2. The number of rotatable bonds is 5. The Morgan fingerprint density at radius 2 is 1.65 bits per heavy atom. The van der Waals surface area contributed by atoms with Crippen LogP contribution < -0.4 is 5.73 Å². The van der Waals surface area contributed by atoms with Crippen molar-refractivity contribution in [2.24, 2.45) is 5.73 Å². The molecule has 0 aliphatic heterocycles. The van der Waals surface area contributed by atoms with Crippen molar-refractivity contribution in [1.29, 1.82) is 0 Å². The lowest BCUT2D eigenvalue weighted by Gasteiger charge is -2.08. The molecule has 0 spiro atoms. The summed E-state index contributed by atoms with van der Waals surface area (Å²) in [6.45, 7) is -1.85. The largest absolute Gasteiger partial charge is 0.480 e. The van der Waals surface area contributed by atoms with Crippen molar-refractivity contribution in [3.63, 3.8) is 0 Å². The summed E-state index contributed by atoms with van der Waals surface area (Å²) in [6, 6.07) is -1.13. The van der Waals surface area contributed by atoms with E-state index in [1.165, 1.54) is 0 Å². The molecule has 2 atom stereocenters. The molecule has 0 aromatic rings. The van der Waals surface area contributed by atoms with Crippen molar-refractivity contribution < 1.29 is 44.3 Å². The Balaban J connectivity index is 0. The molecule has 0 bridgehead atoms. The minimum atomic E-state index is -3.58. The van der Waals surface area contributed by atoms with E-state index < -0.39 is 44.2 Å². The van der Waals surface area contributed by atoms with E-state index in [0.29, 0.717) is 0 Å². The highest BCUT2D eigenvalue weighted by atomic mass is 31.1. The zero-order valence-electron chi connectivity index (χ0n) is 8.39. The van der Waals surface area contributed by atoms with Crippen LogP contribution in [0, 0.1) is 0 Å². The summed E-state index contributed by atoms with van der Waals surface area (Å²) in [5, 5.41) is 37.5. The molecule has 10 nitrogen and oxygen atoms in total. The van der Waals surface area contributed by atoms with Gasteiger partial charge >= 0.3 is 19.6 Å². The Morgan fingerprint density at radius 1 is 1.24 bits per heavy atom. The van der Waals surface area contributed by atoms with Crippen molar-refractivity contribution in [2.75, 3.05) is 13.2 Å². The third kappa shape index (κ3) is 6.09. The molecule has 2 unspecified atom stereocenters. The van der Waals surface area contributed by atoms with Gasteiger partial charge in [-0.3, -0.25) is 4.79 Å². The lowest BCUT2D eigenvalue weighted by Crippen LogP contribution is -2.36. The Hall–Kier alpha value is -1.32. The first kappa shape index (κ1) is 18.1. The fraction of sp³-hybridized carbons (Fsp3) is 0.667. The summed E-state index contributed by atoms with van der Waals surface area (Å²) in [5.74, 6) is -3.16. The minimum absolute atomic E-state index is 0.505. The van der Waals surface area contributed by atoms with Crippen LogP contribution in [-0.2, 0) is 18.7 Å². The third-order valence-corrected chi connectivity index (χ3v) is 2.32. The second-order valence-corrected chi connectivity index (χ2v) is 3.92. The smallest absolute Gasteiger partial charge is 0.362 e. The molecular formula is C6H12NO9P. The minimum Gasteiger partial charge on any atom is -0.480 e. The molecule has 0 fully saturated rings. The summed E-state index contributed by atoms with van der Waals surface area (Å²) in [6.07, 6.45) is 0. The molecule has 0 aromatic heterocycles. The summed E-state index contributed by atoms with van der Waals surface area (Å²) in [5.41, 5.74) is 4.77. The van der Waals surface area contributed by atoms with Gasteiger partial charge in [0.2, 0.25) is 0 Å². The summed E-state index contributed by atoms with van der Waals surface area (Å²) in [7, 11) is -3.58. The average Bonchev–Trinajstić information content (AvgIpc) is 2.26. The van der Waals surface area contributed by atoms with Gasteiger partial charge in [-0.1, -0.05) is 0 Å². The third-order valence-electron chi connectivity index (χ3n) is 1.38. The van der Waals surface area contributed by atoms with Gasteiger partial charge in [-0.05, 0) is 0 Å². The van der Waals surface area contributed by atoms with E-state index in [0.717, 1.165) is 0 Å². The highest BCUT2D eigenvalue weighted by Crippen LogP contribution is 2.25. The molecule has 0 heterocycles. The summed E-state index contributed by atoms with van der Waals surface area (Å²) >= 11 is 0. The van der Waals surface area contributed by atoms with Gasteiger partial charge in [0.05, 0.1) is 13.2 Å². The lowest BCUT2D eigenvalue weighted by molar-refractivity contribution is -0.152. The number of hydrogen-bond acceptors (Lipinski definition) is 8. The molecular weight excluding hydrogens is 261 g/mol. The average molecular weight is 273 g/mol. The van der Waals surface area contributed by atoms with Crippen molar-refractivity contribution in [3.8, 4) is 0 Å². The van der Waals surface area contributed by atoms with E-state index in [1.54, 1.807) is 0 Å². The molecule has 0 rings (SSSR count). The van der Waals surface area contributed by atoms with Crippen molar-refractivity contribution in [1.82, 2.24) is 0 Å². The number of nitrogens with two attached hydrogens (primary N) is 1. The number of carboxylic acid groups (broad SMARTS) is 2. The standard InChI is InChI=1S/C3H7NO3.C3H5O6P/c4-2(1-5)3(6)7;4-1-3(7,2(5)6)10(8)9/h2,5H,1,4H2,(H,6,7);4,7H,1H2,(H,5,6). The summed E-state index contributed by atoms with van der Waals surface area (Å²) < 4.78 is 19.9. The first-order chi connectivity index (χ1) is 7.63. The first-order valence-electron chi connectivity index (χ1n) is 3.93. The predicted octanol–water partition coefficient (Wildman–Crippen LogP) is -2.68. The molecule has 11 heteroatoms. The maximum Gasteiger partial charge on any atom is 0.362 e. The maximum atomic E-state index is 9.94. The second-order valence-electron chi connectivity index (χ2n) is 2.66. The van der Waals surface area contributed by atoms with E-state index in [-0.39, 0.29) is 0 Å². The van der Waals surface area contributed by atoms with Gasteiger partial charge in [-0.25, -0.2) is 13.9 Å². The van der Waals surface area contributed by atoms with E-state index in [2.05, 4.69) is 0 Å². The van der Waals surface area contributed by atoms with Crippen LogP contribution >= 0.6 is 7.68 Å². The van der Waals surface area contributed by atoms with Crippen LogP contribution in [0.2, 0.25) is 0 Å². The van der Waals surface area contributed by atoms with Gasteiger partial charge in [0.15, 0.2) is 0 Å². The zero-order valence-corrected chi connectivity index (χ0v) is 9.28. The highest BCUT2D eigenvalue weighted by molar-refractivity contribution is 7.34. The molecule has 0 amide bonds. The molecule has 0 aliphatic rings. The predicted molar refractivity (Wildman–Crippen MR) is 50.7 cm³/mol. The Labute approximate surface area is 95.1 Å². The number of aliphatic hydroxyl groups excluding tert-OH is 2. The van der Waals surface area contributed by atoms with Gasteiger partial charge in [-0.15, -0.1) is 0 Å². The maximum absolute atomic E-state index is 9.94. The molecule has 100 valence electrons. The van der Waals surface area contributed by atoms with Gasteiger partial charge in [0.1, 0.15) is 6.04 Å². The Bertz CT molecular complexity index is 332. The SMILES string of the molecule is NC(CO)C(=O)O.O=C(O)C(O)(CO)P(=O)=O. The van der Waals surface area contributed by atoms with Gasteiger partial charge in [-0.2, -0.15) is 0 Å². The number of aliphatic carboxylic acids is 2. The zero-order chi connectivity index (χ0) is 14.2. The Kier molecular flexibility index (Phi) is 8.36. The van der Waals surface area contributed by atoms with Crippen molar-refractivity contribution in [2.45, 2.75) is 11.4 Å². The fourth-order valence-electron chi connectivity index (χ4n) is 0.282. The molecule has 0 aromatic carbocycles. The monoisotopic (exact) mass is 273 g/mol. The molecule has 0 saturated carbocycles. The molecule has 0 radical (unpaired) electrons. The van der Waals surface area contributed by atoms with Gasteiger partial charge in [0, 0.05) is 0 Å². The highest BCUT2D eigenvalue weighted by Gasteiger charge is 2.42. The van der Waals surface area contributed by atoms with Crippen LogP contribution in [0.1, 0.15) is 0 Å². The van der Waals surface area contributed by atoms with Gasteiger partial charge in [0.25, 0.3) is 5.34 Å². The van der Waals surface area contributed by atoms with E-state index in [4.69, 9.17) is 31.3 Å². The van der Waals surface area contributed by atoms with E-state index in [9.17, 15) is 18.7 Å². The van der Waals surface area contributed by atoms with Crippen LogP contribution in [0.4, 0.5) is 0 Å². The molecule has 0 aliphatic carbocycles. The van der Waals surface area contributed by atoms with Crippen LogP contribution in [0.3, 0.4) is 0 Å². The number of carbonyl (C=O) groups is 2. The topological polar surface area (TPSA) is 195 Å².